The number of sulfonamides is 1. The molecule has 0 radical (unpaired) electrons. The van der Waals surface area contributed by atoms with Crippen LogP contribution >= 0.6 is 15.9 Å². The Morgan fingerprint density at radius 1 is 1.03 bits per heavy atom. The van der Waals surface area contributed by atoms with Gasteiger partial charge in [0.1, 0.15) is 12.9 Å². The Kier molecular flexibility index (Phi) is 7.18. The van der Waals surface area contributed by atoms with Crippen LogP contribution < -0.4 is 9.46 Å². The molecule has 0 aliphatic carbocycles. The van der Waals surface area contributed by atoms with E-state index in [0.717, 1.165) is 10.0 Å². The van der Waals surface area contributed by atoms with Crippen molar-refractivity contribution in [3.05, 3.63) is 71.0 Å². The summed E-state index contributed by atoms with van der Waals surface area (Å²) in [5.74, 6) is 0.230. The monoisotopic (exact) mass is 477 g/mol. The maximum absolute atomic E-state index is 12.7. The summed E-state index contributed by atoms with van der Waals surface area (Å²) in [6.45, 7) is -0.164. The number of aliphatic hydroxyl groups excluding tert-OH is 1. The summed E-state index contributed by atoms with van der Waals surface area (Å²) in [6, 6.07) is 16.6. The zero-order chi connectivity index (χ0) is 20.7. The molecule has 29 heavy (non-hydrogen) atoms. The summed E-state index contributed by atoms with van der Waals surface area (Å²) in [7, 11) is -3.66. The molecule has 0 aliphatic rings. The molecular formula is C20H20BrN3O4S. The normalized spacial score (nSPS) is 11.2. The van der Waals surface area contributed by atoms with Crippen LogP contribution in [-0.4, -0.2) is 42.5 Å². The molecule has 152 valence electrons. The van der Waals surface area contributed by atoms with Crippen molar-refractivity contribution in [2.45, 2.75) is 6.42 Å². The third kappa shape index (κ3) is 5.99. The Hall–Kier alpha value is -2.49. The number of nitrogens with one attached hydrogen (secondary N) is 1. The highest BCUT2D eigenvalue weighted by atomic mass is 79.9. The van der Waals surface area contributed by atoms with Gasteiger partial charge in [0.2, 0.25) is 15.9 Å². The van der Waals surface area contributed by atoms with Crippen LogP contribution in [0.1, 0.15) is 5.56 Å². The van der Waals surface area contributed by atoms with Gasteiger partial charge in [-0.3, -0.25) is 4.72 Å². The molecule has 9 heteroatoms. The van der Waals surface area contributed by atoms with Crippen LogP contribution in [0.15, 0.2) is 65.4 Å². The quantitative estimate of drug-likeness (QED) is 0.490. The predicted molar refractivity (Wildman–Crippen MR) is 115 cm³/mol. The van der Waals surface area contributed by atoms with E-state index >= 15 is 0 Å². The maximum Gasteiger partial charge on any atom is 0.234 e. The summed E-state index contributed by atoms with van der Waals surface area (Å²) >= 11 is 3.38. The van der Waals surface area contributed by atoms with Gasteiger partial charge in [0, 0.05) is 4.47 Å². The minimum atomic E-state index is -3.66. The molecule has 2 N–H and O–H groups in total. The molecule has 0 saturated carbocycles. The summed E-state index contributed by atoms with van der Waals surface area (Å²) in [4.78, 5) is 8.24. The molecule has 0 spiro atoms. The van der Waals surface area contributed by atoms with Crippen LogP contribution in [0.3, 0.4) is 0 Å². The second-order valence-electron chi connectivity index (χ2n) is 6.14. The Balaban J connectivity index is 1.90. The molecule has 0 amide bonds. The molecule has 3 rings (SSSR count). The fourth-order valence-electron chi connectivity index (χ4n) is 2.67. The van der Waals surface area contributed by atoms with Gasteiger partial charge in [-0.25, -0.2) is 18.4 Å². The van der Waals surface area contributed by atoms with Crippen molar-refractivity contribution in [1.82, 2.24) is 9.97 Å². The lowest BCUT2D eigenvalue weighted by Gasteiger charge is -2.15. The lowest BCUT2D eigenvalue weighted by Crippen LogP contribution is -2.20. The molecule has 7 nitrogen and oxygen atoms in total. The zero-order valence-corrected chi connectivity index (χ0v) is 17.9. The minimum absolute atomic E-state index is 0.0285. The number of hydrogen-bond donors (Lipinski definition) is 2. The lowest BCUT2D eigenvalue weighted by molar-refractivity contribution is 0.197. The van der Waals surface area contributed by atoms with Gasteiger partial charge in [0.25, 0.3) is 0 Å². The van der Waals surface area contributed by atoms with E-state index in [-0.39, 0.29) is 30.7 Å². The summed E-state index contributed by atoms with van der Waals surface area (Å²) in [5.41, 5.74) is 2.03. The van der Waals surface area contributed by atoms with E-state index in [4.69, 9.17) is 9.84 Å². The van der Waals surface area contributed by atoms with E-state index in [0.29, 0.717) is 17.5 Å². The van der Waals surface area contributed by atoms with E-state index in [2.05, 4.69) is 30.6 Å². The van der Waals surface area contributed by atoms with Crippen molar-refractivity contribution in [1.29, 1.82) is 0 Å². The first-order valence-corrected chi connectivity index (χ1v) is 11.3. The van der Waals surface area contributed by atoms with Gasteiger partial charge in [-0.1, -0.05) is 58.4 Å². The molecular weight excluding hydrogens is 458 g/mol. The fourth-order valence-corrected chi connectivity index (χ4v) is 3.99. The molecule has 0 unspecified atom stereocenters. The summed E-state index contributed by atoms with van der Waals surface area (Å²) < 4.78 is 34.3. The Bertz CT molecular complexity index is 1050. The average Bonchev–Trinajstić information content (AvgIpc) is 2.72. The number of aliphatic hydroxyl groups is 1. The molecule has 0 saturated heterocycles. The van der Waals surface area contributed by atoms with Crippen molar-refractivity contribution >= 4 is 31.8 Å². The molecule has 0 atom stereocenters. The zero-order valence-electron chi connectivity index (χ0n) is 15.5. The molecule has 2 aromatic carbocycles. The number of anilines is 1. The highest BCUT2D eigenvalue weighted by Crippen LogP contribution is 2.35. The summed E-state index contributed by atoms with van der Waals surface area (Å²) in [6.07, 6.45) is 1.60. The number of aryl methyl sites for hydroxylation is 1. The molecule has 1 heterocycles. The van der Waals surface area contributed by atoms with E-state index in [1.165, 1.54) is 6.33 Å². The van der Waals surface area contributed by atoms with Crippen molar-refractivity contribution in [3.8, 4) is 17.0 Å². The molecule has 3 aromatic rings. The van der Waals surface area contributed by atoms with Gasteiger partial charge >= 0.3 is 0 Å². The number of nitrogens with zero attached hydrogens (tertiary/aromatic N) is 2. The topological polar surface area (TPSA) is 101 Å². The van der Waals surface area contributed by atoms with Gasteiger partial charge in [0.15, 0.2) is 5.82 Å². The highest BCUT2D eigenvalue weighted by Gasteiger charge is 2.20. The molecule has 0 aliphatic heterocycles. The van der Waals surface area contributed by atoms with Crippen molar-refractivity contribution in [2.75, 3.05) is 23.7 Å². The van der Waals surface area contributed by atoms with E-state index in [9.17, 15) is 8.42 Å². The highest BCUT2D eigenvalue weighted by molar-refractivity contribution is 9.10. The number of aromatic nitrogens is 2. The fraction of sp³-hybridized carbons (Fsp3) is 0.200. The van der Waals surface area contributed by atoms with Crippen LogP contribution in [0.25, 0.3) is 11.1 Å². The first-order chi connectivity index (χ1) is 14.0. The number of benzene rings is 2. The Morgan fingerprint density at radius 3 is 2.45 bits per heavy atom. The van der Waals surface area contributed by atoms with Crippen LogP contribution in [0.2, 0.25) is 0 Å². The smallest absolute Gasteiger partial charge is 0.234 e. The molecule has 1 aromatic heterocycles. The van der Waals surface area contributed by atoms with Crippen LogP contribution in [0, 0.1) is 0 Å². The Labute approximate surface area is 178 Å². The van der Waals surface area contributed by atoms with Crippen LogP contribution in [-0.2, 0) is 16.4 Å². The van der Waals surface area contributed by atoms with Gasteiger partial charge in [-0.15, -0.1) is 0 Å². The van der Waals surface area contributed by atoms with Gasteiger partial charge in [-0.05, 0) is 29.7 Å². The first kappa shape index (κ1) is 21.2. The lowest BCUT2D eigenvalue weighted by atomic mass is 10.1. The van der Waals surface area contributed by atoms with Crippen LogP contribution in [0.4, 0.5) is 5.82 Å². The average molecular weight is 478 g/mol. The van der Waals surface area contributed by atoms with Gasteiger partial charge in [-0.2, -0.15) is 0 Å². The second kappa shape index (κ2) is 9.82. The Morgan fingerprint density at radius 2 is 1.76 bits per heavy atom. The maximum atomic E-state index is 12.7. The minimum Gasteiger partial charge on any atom is -0.475 e. The predicted octanol–water partition coefficient (Wildman–Crippen LogP) is 3.26. The largest absolute Gasteiger partial charge is 0.475 e. The third-order valence-electron chi connectivity index (χ3n) is 4.03. The second-order valence-corrected chi connectivity index (χ2v) is 8.90. The van der Waals surface area contributed by atoms with E-state index in [1.54, 1.807) is 12.1 Å². The van der Waals surface area contributed by atoms with Crippen LogP contribution in [0.5, 0.6) is 5.88 Å². The molecule has 0 bridgehead atoms. The number of rotatable bonds is 9. The first-order valence-electron chi connectivity index (χ1n) is 8.87. The van der Waals surface area contributed by atoms with Gasteiger partial charge < -0.3 is 9.84 Å². The van der Waals surface area contributed by atoms with Crippen molar-refractivity contribution in [2.24, 2.45) is 0 Å². The number of halogens is 1. The molecule has 0 fully saturated rings. The van der Waals surface area contributed by atoms with Crippen molar-refractivity contribution in [3.63, 3.8) is 0 Å². The number of ether oxygens (including phenoxy) is 1. The van der Waals surface area contributed by atoms with E-state index < -0.39 is 10.0 Å². The number of hydrogen-bond acceptors (Lipinski definition) is 6. The van der Waals surface area contributed by atoms with Gasteiger partial charge in [0.05, 0.1) is 17.9 Å². The van der Waals surface area contributed by atoms with E-state index in [1.807, 2.05) is 42.5 Å². The van der Waals surface area contributed by atoms with Crippen molar-refractivity contribution < 1.29 is 18.3 Å². The standard InChI is InChI=1S/C20H20BrN3O4S/c21-17-8-6-16(7-9-17)18-19(22-14-23-20(18)28-12-11-25)24-29(26,27)13-10-15-4-2-1-3-5-15/h1-9,14,25H,10-13H2,(H,22,23,24). The third-order valence-corrected chi connectivity index (χ3v) is 5.80. The summed E-state index contributed by atoms with van der Waals surface area (Å²) in [5, 5.41) is 9.07. The SMILES string of the molecule is O=S(=O)(CCc1ccccc1)Nc1ncnc(OCCO)c1-c1ccc(Br)cc1.